The molecule has 1 aliphatic heterocycles. The van der Waals surface area contributed by atoms with Crippen molar-refractivity contribution in [1.82, 2.24) is 20.0 Å². The molecule has 1 aliphatic rings. The van der Waals surface area contributed by atoms with Crippen LogP contribution in [0.3, 0.4) is 0 Å². The van der Waals surface area contributed by atoms with Crippen molar-refractivity contribution in [2.24, 2.45) is 12.0 Å². The minimum atomic E-state index is 0. The summed E-state index contributed by atoms with van der Waals surface area (Å²) in [5, 5.41) is 8.03. The van der Waals surface area contributed by atoms with Crippen LogP contribution in [0.25, 0.3) is 0 Å². The third kappa shape index (κ3) is 5.34. The molecule has 0 aliphatic carbocycles. The molecule has 160 valence electrons. The van der Waals surface area contributed by atoms with Gasteiger partial charge in [-0.3, -0.25) is 9.67 Å². The molecule has 2 heterocycles. The number of aryl methyl sites for hydroxylation is 2. The first-order valence-electron chi connectivity index (χ1n) is 9.87. The number of benzene rings is 1. The summed E-state index contributed by atoms with van der Waals surface area (Å²) in [6, 6.07) is 8.22. The number of guanidine groups is 1. The topological polar surface area (TPSA) is 57.9 Å². The van der Waals surface area contributed by atoms with Gasteiger partial charge in [0.25, 0.3) is 0 Å². The van der Waals surface area contributed by atoms with Crippen LogP contribution in [-0.2, 0) is 13.5 Å². The first-order chi connectivity index (χ1) is 13.5. The zero-order valence-electron chi connectivity index (χ0n) is 18.1. The number of methoxy groups -OCH3 is 1. The fraction of sp³-hybridized carbons (Fsp3) is 0.524. The lowest BCUT2D eigenvalue weighted by Gasteiger charge is -2.38. The molecule has 29 heavy (non-hydrogen) atoms. The molecule has 2 aromatic rings. The number of ether oxygens (including phenoxy) is 1. The highest BCUT2D eigenvalue weighted by Gasteiger charge is 2.21. The molecule has 1 fully saturated rings. The number of nitrogens with zero attached hydrogens (tertiary/aromatic N) is 5. The van der Waals surface area contributed by atoms with Gasteiger partial charge in [-0.15, -0.1) is 24.0 Å². The summed E-state index contributed by atoms with van der Waals surface area (Å²) in [7, 11) is 5.58. The van der Waals surface area contributed by atoms with E-state index in [-0.39, 0.29) is 24.0 Å². The molecule has 7 nitrogen and oxygen atoms in total. The number of aromatic nitrogens is 2. The number of para-hydroxylation sites is 2. The largest absolute Gasteiger partial charge is 0.495 e. The first kappa shape index (κ1) is 23.3. The molecule has 0 atom stereocenters. The fourth-order valence-electron chi connectivity index (χ4n) is 3.86. The van der Waals surface area contributed by atoms with E-state index in [1.54, 1.807) is 7.11 Å². The van der Waals surface area contributed by atoms with Crippen LogP contribution in [0.1, 0.15) is 17.0 Å². The van der Waals surface area contributed by atoms with Crippen molar-refractivity contribution in [3.8, 4) is 5.75 Å². The molecule has 1 saturated heterocycles. The third-order valence-corrected chi connectivity index (χ3v) is 5.53. The number of anilines is 1. The molecule has 8 heteroatoms. The molecule has 0 unspecified atom stereocenters. The second-order valence-electron chi connectivity index (χ2n) is 7.14. The van der Waals surface area contributed by atoms with Crippen molar-refractivity contribution < 1.29 is 4.74 Å². The highest BCUT2D eigenvalue weighted by molar-refractivity contribution is 14.0. The quantitative estimate of drug-likeness (QED) is 0.379. The van der Waals surface area contributed by atoms with E-state index >= 15 is 0 Å². The van der Waals surface area contributed by atoms with E-state index in [0.29, 0.717) is 0 Å². The van der Waals surface area contributed by atoms with Crippen molar-refractivity contribution in [1.29, 1.82) is 0 Å². The second-order valence-corrected chi connectivity index (χ2v) is 7.14. The summed E-state index contributed by atoms with van der Waals surface area (Å²) in [6.07, 6.45) is 0.950. The number of hydrogen-bond donors (Lipinski definition) is 1. The van der Waals surface area contributed by atoms with Crippen LogP contribution in [0.4, 0.5) is 5.69 Å². The molecule has 1 N–H and O–H groups in total. The van der Waals surface area contributed by atoms with Crippen LogP contribution in [0.15, 0.2) is 29.3 Å². The van der Waals surface area contributed by atoms with Crippen molar-refractivity contribution in [3.63, 3.8) is 0 Å². The normalized spacial score (nSPS) is 14.6. The van der Waals surface area contributed by atoms with E-state index in [4.69, 9.17) is 4.74 Å². The number of aliphatic imine (C=N–C) groups is 1. The predicted octanol–water partition coefficient (Wildman–Crippen LogP) is 2.60. The Balaban J connectivity index is 0.00000300. The Labute approximate surface area is 191 Å². The van der Waals surface area contributed by atoms with Crippen LogP contribution in [0.5, 0.6) is 5.75 Å². The van der Waals surface area contributed by atoms with Gasteiger partial charge in [-0.1, -0.05) is 12.1 Å². The van der Waals surface area contributed by atoms with Gasteiger partial charge in [0.15, 0.2) is 5.96 Å². The summed E-state index contributed by atoms with van der Waals surface area (Å²) in [4.78, 5) is 9.20. The molecule has 0 spiro atoms. The number of piperazine rings is 1. The average Bonchev–Trinajstić information content (AvgIpc) is 2.97. The van der Waals surface area contributed by atoms with E-state index in [1.807, 2.05) is 30.9 Å². The van der Waals surface area contributed by atoms with Gasteiger partial charge in [-0.2, -0.15) is 5.10 Å². The lowest BCUT2D eigenvalue weighted by atomic mass is 10.1. The van der Waals surface area contributed by atoms with Crippen molar-refractivity contribution in [2.75, 3.05) is 51.8 Å². The van der Waals surface area contributed by atoms with Crippen LogP contribution >= 0.6 is 24.0 Å². The van der Waals surface area contributed by atoms with Gasteiger partial charge >= 0.3 is 0 Å². The highest BCUT2D eigenvalue weighted by atomic mass is 127. The van der Waals surface area contributed by atoms with E-state index < -0.39 is 0 Å². The average molecular weight is 512 g/mol. The Morgan fingerprint density at radius 3 is 2.45 bits per heavy atom. The summed E-state index contributed by atoms with van der Waals surface area (Å²) < 4.78 is 7.47. The minimum absolute atomic E-state index is 0. The van der Waals surface area contributed by atoms with Crippen LogP contribution in [-0.4, -0.2) is 67.5 Å². The Morgan fingerprint density at radius 2 is 1.86 bits per heavy atom. The highest BCUT2D eigenvalue weighted by Crippen LogP contribution is 2.28. The predicted molar refractivity (Wildman–Crippen MR) is 130 cm³/mol. The van der Waals surface area contributed by atoms with Gasteiger partial charge in [0.1, 0.15) is 5.75 Å². The van der Waals surface area contributed by atoms with Gasteiger partial charge < -0.3 is 19.9 Å². The fourth-order valence-corrected chi connectivity index (χ4v) is 3.86. The third-order valence-electron chi connectivity index (χ3n) is 5.53. The van der Waals surface area contributed by atoms with Crippen molar-refractivity contribution >= 4 is 35.6 Å². The van der Waals surface area contributed by atoms with Crippen molar-refractivity contribution in [2.45, 2.75) is 20.3 Å². The summed E-state index contributed by atoms with van der Waals surface area (Å²) in [5.41, 5.74) is 4.84. The van der Waals surface area contributed by atoms with Gasteiger partial charge in [0.05, 0.1) is 18.5 Å². The summed E-state index contributed by atoms with van der Waals surface area (Å²) in [5.74, 6) is 1.90. The summed E-state index contributed by atoms with van der Waals surface area (Å²) >= 11 is 0. The number of halogens is 1. The Bertz CT molecular complexity index is 827. The molecule has 0 radical (unpaired) electrons. The first-order valence-corrected chi connectivity index (χ1v) is 9.87. The van der Waals surface area contributed by atoms with Gasteiger partial charge in [-0.05, 0) is 38.0 Å². The number of hydrogen-bond acceptors (Lipinski definition) is 4. The summed E-state index contributed by atoms with van der Waals surface area (Å²) in [6.45, 7) is 8.82. The number of rotatable bonds is 5. The van der Waals surface area contributed by atoms with E-state index in [1.165, 1.54) is 11.3 Å². The maximum atomic E-state index is 5.51. The molecule has 0 bridgehead atoms. The van der Waals surface area contributed by atoms with Gasteiger partial charge in [0, 0.05) is 52.5 Å². The standard InChI is InChI=1S/C21H32N6O.HI/c1-16-18(17(2)25(4)24-16)10-11-23-21(22-3)27-14-12-26(13-15-27)19-8-6-7-9-20(19)28-5;/h6-9H,10-15H2,1-5H3,(H,22,23);1H. The molecule has 3 rings (SSSR count). The van der Waals surface area contributed by atoms with Crippen LogP contribution in [0.2, 0.25) is 0 Å². The maximum absolute atomic E-state index is 5.51. The maximum Gasteiger partial charge on any atom is 0.193 e. The van der Waals surface area contributed by atoms with Crippen LogP contribution in [0, 0.1) is 13.8 Å². The molecule has 1 aromatic heterocycles. The van der Waals surface area contributed by atoms with Gasteiger partial charge in [0.2, 0.25) is 0 Å². The lowest BCUT2D eigenvalue weighted by Crippen LogP contribution is -2.52. The molecular formula is C21H33IN6O. The van der Waals surface area contributed by atoms with E-state index in [0.717, 1.165) is 62.2 Å². The Hall–Kier alpha value is -1.97. The zero-order valence-corrected chi connectivity index (χ0v) is 20.4. The molecule has 0 saturated carbocycles. The van der Waals surface area contributed by atoms with Crippen LogP contribution < -0.4 is 15.0 Å². The monoisotopic (exact) mass is 512 g/mol. The molecular weight excluding hydrogens is 479 g/mol. The SMILES string of the molecule is CN=C(NCCc1c(C)nn(C)c1C)N1CCN(c2ccccc2OC)CC1.I. The molecule has 1 aromatic carbocycles. The smallest absolute Gasteiger partial charge is 0.193 e. The number of nitrogens with one attached hydrogen (secondary N) is 1. The van der Waals surface area contributed by atoms with E-state index in [2.05, 4.69) is 51.2 Å². The Kier molecular flexibility index (Phi) is 8.60. The molecule has 0 amide bonds. The zero-order chi connectivity index (χ0) is 20.1. The van der Waals surface area contributed by atoms with E-state index in [9.17, 15) is 0 Å². The minimum Gasteiger partial charge on any atom is -0.495 e. The lowest BCUT2D eigenvalue weighted by molar-refractivity contribution is 0.367. The Morgan fingerprint density at radius 1 is 1.17 bits per heavy atom. The van der Waals surface area contributed by atoms with Crippen molar-refractivity contribution in [3.05, 3.63) is 41.2 Å². The second kappa shape index (κ2) is 10.7. The van der Waals surface area contributed by atoms with Gasteiger partial charge in [-0.25, -0.2) is 0 Å².